The van der Waals surface area contributed by atoms with E-state index in [1.54, 1.807) is 16.2 Å². The number of carbonyl (C=O) groups is 1. The van der Waals surface area contributed by atoms with Gasteiger partial charge in [-0.3, -0.25) is 4.79 Å². The molecule has 2 aromatic heterocycles. The van der Waals surface area contributed by atoms with Gasteiger partial charge in [0.25, 0.3) is 5.92 Å². The molecule has 2 aliphatic carbocycles. The molecule has 27 heavy (non-hydrogen) atoms. The van der Waals surface area contributed by atoms with Crippen molar-refractivity contribution in [2.45, 2.75) is 43.9 Å². The van der Waals surface area contributed by atoms with Crippen LogP contribution in [0.5, 0.6) is 0 Å². The molecule has 2 saturated carbocycles. The highest BCUT2D eigenvalue weighted by molar-refractivity contribution is 7.08. The lowest BCUT2D eigenvalue weighted by molar-refractivity contribution is -0.144. The molecule has 2 bridgehead atoms. The van der Waals surface area contributed by atoms with Gasteiger partial charge in [-0.05, 0) is 42.5 Å². The van der Waals surface area contributed by atoms with Crippen LogP contribution in [-0.4, -0.2) is 40.0 Å². The monoisotopic (exact) mass is 393 g/mol. The Balaban J connectivity index is 1.39. The SMILES string of the molecule is O=C([C@H]1[C@H]2CC[C@H](C2)[C@@H]1c1nc(-c2ccsc2)no1)N1CCC(F)(F)CC1. The second-order valence-electron chi connectivity index (χ2n) is 8.03. The average molecular weight is 393 g/mol. The Kier molecular flexibility index (Phi) is 4.07. The first-order valence-corrected chi connectivity index (χ1v) is 10.5. The largest absolute Gasteiger partial charge is 0.342 e. The van der Waals surface area contributed by atoms with Gasteiger partial charge >= 0.3 is 0 Å². The fourth-order valence-electron chi connectivity index (χ4n) is 5.15. The first kappa shape index (κ1) is 17.3. The number of thiophene rings is 1. The fraction of sp³-hybridized carbons (Fsp3) is 0.632. The number of alkyl halides is 2. The quantitative estimate of drug-likeness (QED) is 0.785. The summed E-state index contributed by atoms with van der Waals surface area (Å²) in [5.41, 5.74) is 0.916. The van der Waals surface area contributed by atoms with Crippen LogP contribution < -0.4 is 0 Å². The van der Waals surface area contributed by atoms with Crippen LogP contribution in [0.25, 0.3) is 11.4 Å². The summed E-state index contributed by atoms with van der Waals surface area (Å²) in [6.07, 6.45) is 2.59. The predicted molar refractivity (Wildman–Crippen MR) is 95.4 cm³/mol. The lowest BCUT2D eigenvalue weighted by atomic mass is 9.78. The Bertz CT molecular complexity index is 828. The smallest absolute Gasteiger partial charge is 0.251 e. The maximum atomic E-state index is 13.5. The summed E-state index contributed by atoms with van der Waals surface area (Å²) in [7, 11) is 0. The van der Waals surface area contributed by atoms with E-state index in [0.29, 0.717) is 23.6 Å². The second kappa shape index (κ2) is 6.36. The zero-order valence-corrected chi connectivity index (χ0v) is 15.6. The maximum Gasteiger partial charge on any atom is 0.251 e. The summed E-state index contributed by atoms with van der Waals surface area (Å²) < 4.78 is 32.5. The number of rotatable bonds is 3. The first-order valence-electron chi connectivity index (χ1n) is 9.55. The topological polar surface area (TPSA) is 59.2 Å². The molecule has 5 rings (SSSR count). The van der Waals surface area contributed by atoms with Crippen LogP contribution >= 0.6 is 11.3 Å². The average Bonchev–Trinajstić information content (AvgIpc) is 3.44. The normalized spacial score (nSPS) is 32.1. The number of hydrogen-bond acceptors (Lipinski definition) is 5. The summed E-state index contributed by atoms with van der Waals surface area (Å²) >= 11 is 1.57. The van der Waals surface area contributed by atoms with Crippen molar-refractivity contribution in [3.8, 4) is 11.4 Å². The second-order valence-corrected chi connectivity index (χ2v) is 8.81. The minimum atomic E-state index is -2.65. The van der Waals surface area contributed by atoms with Gasteiger partial charge in [0.05, 0.1) is 11.8 Å². The number of halogens is 2. The maximum absolute atomic E-state index is 13.5. The van der Waals surface area contributed by atoms with Crippen LogP contribution in [0.4, 0.5) is 8.78 Å². The van der Waals surface area contributed by atoms with Crippen molar-refractivity contribution in [2.75, 3.05) is 13.1 Å². The highest BCUT2D eigenvalue weighted by atomic mass is 32.1. The molecule has 8 heteroatoms. The lowest BCUT2D eigenvalue weighted by Crippen LogP contribution is -2.47. The molecule has 5 nitrogen and oxygen atoms in total. The van der Waals surface area contributed by atoms with Crippen molar-refractivity contribution in [2.24, 2.45) is 17.8 Å². The van der Waals surface area contributed by atoms with Crippen molar-refractivity contribution in [3.05, 3.63) is 22.7 Å². The molecule has 144 valence electrons. The van der Waals surface area contributed by atoms with Gasteiger partial charge in [-0.2, -0.15) is 16.3 Å². The highest BCUT2D eigenvalue weighted by Crippen LogP contribution is 2.57. The summed E-state index contributed by atoms with van der Waals surface area (Å²) in [6, 6.07) is 1.94. The van der Waals surface area contributed by atoms with Gasteiger partial charge in [0, 0.05) is 36.9 Å². The molecular formula is C19H21F2N3O2S. The molecule has 0 unspecified atom stereocenters. The van der Waals surface area contributed by atoms with Gasteiger partial charge in [0.2, 0.25) is 17.6 Å². The van der Waals surface area contributed by atoms with Crippen LogP contribution in [0, 0.1) is 17.8 Å². The Morgan fingerprint density at radius 3 is 2.78 bits per heavy atom. The number of piperidine rings is 1. The molecule has 3 fully saturated rings. The lowest BCUT2D eigenvalue weighted by Gasteiger charge is -2.36. The number of hydrogen-bond donors (Lipinski definition) is 0. The van der Waals surface area contributed by atoms with Gasteiger partial charge in [0.1, 0.15) is 0 Å². The van der Waals surface area contributed by atoms with Crippen molar-refractivity contribution >= 4 is 17.2 Å². The fourth-order valence-corrected chi connectivity index (χ4v) is 5.78. The Hall–Kier alpha value is -1.83. The van der Waals surface area contributed by atoms with Crippen LogP contribution in [-0.2, 0) is 4.79 Å². The molecule has 3 aliphatic rings. The third-order valence-electron chi connectivity index (χ3n) is 6.51. The summed E-state index contributed by atoms with van der Waals surface area (Å²) in [4.78, 5) is 19.4. The van der Waals surface area contributed by atoms with Crippen molar-refractivity contribution in [1.29, 1.82) is 0 Å². The van der Waals surface area contributed by atoms with E-state index < -0.39 is 5.92 Å². The van der Waals surface area contributed by atoms with Crippen LogP contribution in [0.3, 0.4) is 0 Å². The zero-order chi connectivity index (χ0) is 18.6. The number of likely N-dealkylation sites (tertiary alicyclic amines) is 1. The van der Waals surface area contributed by atoms with Crippen molar-refractivity contribution in [1.82, 2.24) is 15.0 Å². The molecule has 3 heterocycles. The van der Waals surface area contributed by atoms with Gasteiger partial charge in [-0.25, -0.2) is 8.78 Å². The summed E-state index contributed by atoms with van der Waals surface area (Å²) in [5.74, 6) is -1.20. The number of nitrogens with zero attached hydrogens (tertiary/aromatic N) is 3. The van der Waals surface area contributed by atoms with Gasteiger partial charge < -0.3 is 9.42 Å². The third-order valence-corrected chi connectivity index (χ3v) is 7.20. The Labute approximate surface area is 159 Å². The molecule has 0 radical (unpaired) electrons. The molecule has 2 aromatic rings. The summed E-state index contributed by atoms with van der Waals surface area (Å²) in [6.45, 7) is 0.271. The highest BCUT2D eigenvalue weighted by Gasteiger charge is 2.55. The van der Waals surface area contributed by atoms with Crippen LogP contribution in [0.1, 0.15) is 43.9 Å². The van der Waals surface area contributed by atoms with Crippen LogP contribution in [0.2, 0.25) is 0 Å². The summed E-state index contributed by atoms with van der Waals surface area (Å²) in [5, 5.41) is 8.03. The molecule has 4 atom stereocenters. The number of fused-ring (bicyclic) bond motifs is 2. The van der Waals surface area contributed by atoms with Crippen molar-refractivity contribution in [3.63, 3.8) is 0 Å². The molecular weight excluding hydrogens is 372 g/mol. The predicted octanol–water partition coefficient (Wildman–Crippen LogP) is 4.19. The van der Waals surface area contributed by atoms with Gasteiger partial charge in [-0.15, -0.1) is 0 Å². The number of carbonyl (C=O) groups excluding carboxylic acids is 1. The molecule has 0 N–H and O–H groups in total. The minimum absolute atomic E-state index is 0.00187. The zero-order valence-electron chi connectivity index (χ0n) is 14.8. The Morgan fingerprint density at radius 1 is 1.26 bits per heavy atom. The number of aromatic nitrogens is 2. The van der Waals surface area contributed by atoms with E-state index in [4.69, 9.17) is 4.52 Å². The number of amides is 1. The van der Waals surface area contributed by atoms with E-state index >= 15 is 0 Å². The van der Waals surface area contributed by atoms with Gasteiger partial charge in [-0.1, -0.05) is 5.16 Å². The van der Waals surface area contributed by atoms with E-state index in [9.17, 15) is 13.6 Å². The molecule has 1 aliphatic heterocycles. The third kappa shape index (κ3) is 2.98. The standard InChI is InChI=1S/C19H21F2N3O2S/c20-19(21)4-6-24(7-5-19)18(25)15-12-2-1-11(9-12)14(15)17-22-16(23-26-17)13-3-8-27-10-13/h3,8,10-12,14-15H,1-2,4-7,9H2/t11-,12+,14+,15+/m1/s1. The molecule has 0 spiro atoms. The van der Waals surface area contributed by atoms with Crippen LogP contribution in [0.15, 0.2) is 21.3 Å². The minimum Gasteiger partial charge on any atom is -0.342 e. The van der Waals surface area contributed by atoms with E-state index in [1.807, 2.05) is 16.8 Å². The molecule has 1 amide bonds. The van der Waals surface area contributed by atoms with E-state index in [0.717, 1.165) is 24.8 Å². The van der Waals surface area contributed by atoms with E-state index in [1.165, 1.54) is 0 Å². The first-order chi connectivity index (χ1) is 13.0. The molecule has 1 saturated heterocycles. The molecule has 0 aromatic carbocycles. The van der Waals surface area contributed by atoms with E-state index in [-0.39, 0.29) is 43.7 Å². The van der Waals surface area contributed by atoms with Gasteiger partial charge in [0.15, 0.2) is 0 Å². The van der Waals surface area contributed by atoms with E-state index in [2.05, 4.69) is 10.1 Å². The Morgan fingerprint density at radius 2 is 2.04 bits per heavy atom. The van der Waals surface area contributed by atoms with Crippen molar-refractivity contribution < 1.29 is 18.1 Å².